The van der Waals surface area contributed by atoms with Crippen LogP contribution in [-0.4, -0.2) is 25.6 Å². The van der Waals surface area contributed by atoms with Crippen LogP contribution in [0.5, 0.6) is 11.6 Å². The average Bonchev–Trinajstić information content (AvgIpc) is 3.03. The van der Waals surface area contributed by atoms with E-state index in [1.807, 2.05) is 12.1 Å². The molecule has 130 valence electrons. The third-order valence-electron chi connectivity index (χ3n) is 3.94. The molecule has 1 aromatic heterocycles. The van der Waals surface area contributed by atoms with Crippen LogP contribution in [0.1, 0.15) is 38.3 Å². The van der Waals surface area contributed by atoms with Gasteiger partial charge >= 0.3 is 0 Å². The van der Waals surface area contributed by atoms with Gasteiger partial charge in [-0.15, -0.1) is 5.10 Å². The first-order valence-electron chi connectivity index (χ1n) is 8.00. The van der Waals surface area contributed by atoms with Crippen molar-refractivity contribution < 1.29 is 14.9 Å². The Bertz CT molecular complexity index is 832. The lowest BCUT2D eigenvalue weighted by atomic mass is 9.86. The minimum absolute atomic E-state index is 0.0391. The quantitative estimate of drug-likeness (QED) is 0.632. The van der Waals surface area contributed by atoms with Gasteiger partial charge in [0.05, 0.1) is 0 Å². The number of aliphatic hydroxyl groups excluding tert-OH is 1. The zero-order valence-corrected chi connectivity index (χ0v) is 14.4. The predicted octanol–water partition coefficient (Wildman–Crippen LogP) is 3.54. The third kappa shape index (κ3) is 3.87. The molecule has 1 heterocycles. The van der Waals surface area contributed by atoms with Crippen molar-refractivity contribution in [2.75, 3.05) is 0 Å². The van der Waals surface area contributed by atoms with E-state index in [4.69, 9.17) is 4.74 Å². The SMILES string of the molecule is CC(C)(C)c1ccc(-c2ccc(Oc3n[nH]nc3C(O)O)cc2)cc1. The number of nitrogens with one attached hydrogen (secondary N) is 1. The van der Waals surface area contributed by atoms with Gasteiger partial charge in [-0.3, -0.25) is 0 Å². The van der Waals surface area contributed by atoms with Crippen LogP contribution < -0.4 is 4.74 Å². The normalized spacial score (nSPS) is 11.8. The molecule has 25 heavy (non-hydrogen) atoms. The number of hydrogen-bond acceptors (Lipinski definition) is 5. The Balaban J connectivity index is 1.77. The zero-order chi connectivity index (χ0) is 18.0. The molecule has 0 unspecified atom stereocenters. The van der Waals surface area contributed by atoms with Gasteiger partial charge in [-0.25, -0.2) is 0 Å². The Morgan fingerprint density at radius 3 is 1.96 bits per heavy atom. The summed E-state index contributed by atoms with van der Waals surface area (Å²) in [5.41, 5.74) is 3.55. The van der Waals surface area contributed by atoms with E-state index in [2.05, 4.69) is 60.4 Å². The second kappa shape index (κ2) is 6.66. The van der Waals surface area contributed by atoms with Crippen molar-refractivity contribution >= 4 is 0 Å². The van der Waals surface area contributed by atoms with Crippen LogP contribution in [-0.2, 0) is 5.41 Å². The largest absolute Gasteiger partial charge is 0.436 e. The van der Waals surface area contributed by atoms with E-state index in [-0.39, 0.29) is 17.0 Å². The van der Waals surface area contributed by atoms with Crippen LogP contribution in [0, 0.1) is 0 Å². The third-order valence-corrected chi connectivity index (χ3v) is 3.94. The highest BCUT2D eigenvalue weighted by Crippen LogP contribution is 2.29. The second-order valence-electron chi connectivity index (χ2n) is 6.84. The number of aromatic amines is 1. The molecule has 0 spiro atoms. The number of benzene rings is 2. The molecular weight excluding hydrogens is 318 g/mol. The van der Waals surface area contributed by atoms with Gasteiger partial charge in [-0.05, 0) is 34.2 Å². The van der Waals surface area contributed by atoms with Crippen LogP contribution in [0.2, 0.25) is 0 Å². The highest BCUT2D eigenvalue weighted by Gasteiger charge is 2.17. The summed E-state index contributed by atoms with van der Waals surface area (Å²) in [6.07, 6.45) is -1.74. The second-order valence-corrected chi connectivity index (χ2v) is 6.84. The van der Waals surface area contributed by atoms with E-state index >= 15 is 0 Å². The summed E-state index contributed by atoms with van der Waals surface area (Å²) in [6, 6.07) is 16.0. The van der Waals surface area contributed by atoms with Gasteiger partial charge in [0.2, 0.25) is 6.29 Å². The lowest BCUT2D eigenvalue weighted by Crippen LogP contribution is -2.10. The summed E-state index contributed by atoms with van der Waals surface area (Å²) in [5, 5.41) is 28.1. The molecule has 0 saturated heterocycles. The van der Waals surface area contributed by atoms with Crippen molar-refractivity contribution in [3.05, 3.63) is 59.8 Å². The predicted molar refractivity (Wildman–Crippen MR) is 94.2 cm³/mol. The molecule has 6 nitrogen and oxygen atoms in total. The molecule has 0 saturated carbocycles. The Kier molecular flexibility index (Phi) is 4.57. The van der Waals surface area contributed by atoms with Crippen molar-refractivity contribution in [3.8, 4) is 22.8 Å². The van der Waals surface area contributed by atoms with Crippen LogP contribution >= 0.6 is 0 Å². The van der Waals surface area contributed by atoms with Crippen molar-refractivity contribution in [2.45, 2.75) is 32.5 Å². The highest BCUT2D eigenvalue weighted by molar-refractivity contribution is 5.64. The molecule has 0 atom stereocenters. The van der Waals surface area contributed by atoms with Crippen LogP contribution in [0.15, 0.2) is 48.5 Å². The van der Waals surface area contributed by atoms with Crippen molar-refractivity contribution in [1.82, 2.24) is 15.4 Å². The van der Waals surface area contributed by atoms with Crippen LogP contribution in [0.25, 0.3) is 11.1 Å². The molecule has 0 aliphatic carbocycles. The van der Waals surface area contributed by atoms with Gasteiger partial charge in [-0.1, -0.05) is 57.2 Å². The summed E-state index contributed by atoms with van der Waals surface area (Å²) in [6.45, 7) is 6.57. The number of aromatic nitrogens is 3. The first-order valence-corrected chi connectivity index (χ1v) is 8.00. The summed E-state index contributed by atoms with van der Waals surface area (Å²) in [7, 11) is 0. The maximum atomic E-state index is 9.20. The van der Waals surface area contributed by atoms with E-state index in [0.29, 0.717) is 5.75 Å². The fourth-order valence-corrected chi connectivity index (χ4v) is 2.46. The van der Waals surface area contributed by atoms with Gasteiger partial charge < -0.3 is 14.9 Å². The molecule has 3 N–H and O–H groups in total. The van der Waals surface area contributed by atoms with E-state index < -0.39 is 6.29 Å². The minimum Gasteiger partial charge on any atom is -0.436 e. The molecular formula is C19H21N3O3. The van der Waals surface area contributed by atoms with Gasteiger partial charge in [-0.2, -0.15) is 10.3 Å². The molecule has 0 fully saturated rings. The topological polar surface area (TPSA) is 91.3 Å². The number of nitrogens with zero attached hydrogens (tertiary/aromatic N) is 2. The lowest BCUT2D eigenvalue weighted by Gasteiger charge is -2.19. The van der Waals surface area contributed by atoms with E-state index in [9.17, 15) is 10.2 Å². The number of rotatable bonds is 4. The van der Waals surface area contributed by atoms with Gasteiger partial charge in [0.15, 0.2) is 5.69 Å². The van der Waals surface area contributed by atoms with Crippen molar-refractivity contribution in [2.24, 2.45) is 0 Å². The number of ether oxygens (including phenoxy) is 1. The maximum Gasteiger partial charge on any atom is 0.267 e. The van der Waals surface area contributed by atoms with E-state index in [1.54, 1.807) is 12.1 Å². The van der Waals surface area contributed by atoms with Gasteiger partial charge in [0, 0.05) is 0 Å². The Hall–Kier alpha value is -2.70. The highest BCUT2D eigenvalue weighted by atomic mass is 16.5. The Morgan fingerprint density at radius 1 is 0.880 bits per heavy atom. The maximum absolute atomic E-state index is 9.20. The summed E-state index contributed by atoms with van der Waals surface area (Å²) < 4.78 is 5.54. The summed E-state index contributed by atoms with van der Waals surface area (Å²) >= 11 is 0. The van der Waals surface area contributed by atoms with Crippen LogP contribution in [0.4, 0.5) is 0 Å². The molecule has 0 aliphatic heterocycles. The van der Waals surface area contributed by atoms with E-state index in [1.165, 1.54) is 5.56 Å². The van der Waals surface area contributed by atoms with Gasteiger partial charge in [0.1, 0.15) is 5.75 Å². The summed E-state index contributed by atoms with van der Waals surface area (Å²) in [5.74, 6) is 0.572. The minimum atomic E-state index is -1.74. The first kappa shape index (κ1) is 17.1. The molecule has 2 aromatic carbocycles. The smallest absolute Gasteiger partial charge is 0.267 e. The summed E-state index contributed by atoms with van der Waals surface area (Å²) in [4.78, 5) is 0. The van der Waals surface area contributed by atoms with Gasteiger partial charge in [0.25, 0.3) is 5.88 Å². The van der Waals surface area contributed by atoms with E-state index in [0.717, 1.165) is 11.1 Å². The number of H-pyrrole nitrogens is 1. The zero-order valence-electron chi connectivity index (χ0n) is 14.4. The molecule has 0 aliphatic rings. The Labute approximate surface area is 146 Å². The fourth-order valence-electron chi connectivity index (χ4n) is 2.46. The molecule has 0 amide bonds. The average molecular weight is 339 g/mol. The Morgan fingerprint density at radius 2 is 1.44 bits per heavy atom. The fraction of sp³-hybridized carbons (Fsp3) is 0.263. The molecule has 3 rings (SSSR count). The standard InChI is InChI=1S/C19H21N3O3/c1-19(2,3)14-8-4-12(5-9-14)13-6-10-15(11-7-13)25-17-16(18(23)24)20-22-21-17/h4-11,18,23-24H,1-3H3,(H,20,21,22). The van der Waals surface area contributed by atoms with Crippen LogP contribution in [0.3, 0.4) is 0 Å². The first-order chi connectivity index (χ1) is 11.8. The molecule has 0 radical (unpaired) electrons. The van der Waals surface area contributed by atoms with Crippen molar-refractivity contribution in [1.29, 1.82) is 0 Å². The van der Waals surface area contributed by atoms with Crippen molar-refractivity contribution in [3.63, 3.8) is 0 Å². The number of aliphatic hydroxyl groups is 2. The number of hydrogen-bond donors (Lipinski definition) is 3. The molecule has 0 bridgehead atoms. The lowest BCUT2D eigenvalue weighted by molar-refractivity contribution is -0.0470. The monoisotopic (exact) mass is 339 g/mol. The molecule has 3 aromatic rings. The molecule has 6 heteroatoms.